The van der Waals surface area contributed by atoms with Crippen LogP contribution in [0, 0.1) is 0 Å². The Labute approximate surface area is 235 Å². The summed E-state index contributed by atoms with van der Waals surface area (Å²) >= 11 is 6.36. The van der Waals surface area contributed by atoms with Crippen LogP contribution in [0.3, 0.4) is 0 Å². The van der Waals surface area contributed by atoms with Crippen molar-refractivity contribution in [3.63, 3.8) is 0 Å². The van der Waals surface area contributed by atoms with Gasteiger partial charge in [-0.1, -0.05) is 48.5 Å². The Bertz CT molecular complexity index is 1880. The SMILES string of the molecule is Cn1c(C(=O)N2CCc3c2cc(O)c2ccccc32)ccc1C(=O)N1CC(CCl)c2c1cc(O)c1ccccc21. The van der Waals surface area contributed by atoms with E-state index in [1.165, 1.54) is 0 Å². The van der Waals surface area contributed by atoms with E-state index in [9.17, 15) is 19.8 Å². The van der Waals surface area contributed by atoms with Crippen molar-refractivity contribution in [3.05, 3.63) is 95.3 Å². The molecule has 0 aliphatic carbocycles. The summed E-state index contributed by atoms with van der Waals surface area (Å²) in [4.78, 5) is 31.0. The van der Waals surface area contributed by atoms with Crippen LogP contribution in [0.4, 0.5) is 11.4 Å². The molecule has 5 aromatic rings. The van der Waals surface area contributed by atoms with Gasteiger partial charge in [-0.25, -0.2) is 0 Å². The maximum Gasteiger partial charge on any atom is 0.274 e. The number of alkyl halides is 1. The Morgan fingerprint density at radius 2 is 1.35 bits per heavy atom. The molecule has 0 fully saturated rings. The molecule has 200 valence electrons. The van der Waals surface area contributed by atoms with Crippen molar-refractivity contribution in [3.8, 4) is 11.5 Å². The maximum absolute atomic E-state index is 13.9. The number of aromatic hydroxyl groups is 2. The van der Waals surface area contributed by atoms with Crippen LogP contribution in [0.15, 0.2) is 72.8 Å². The summed E-state index contributed by atoms with van der Waals surface area (Å²) in [6.45, 7) is 0.866. The molecule has 2 amide bonds. The molecule has 0 spiro atoms. The van der Waals surface area contributed by atoms with Crippen LogP contribution in [0.1, 0.15) is 38.0 Å². The van der Waals surface area contributed by atoms with E-state index in [0.717, 1.165) is 32.7 Å². The molecule has 8 heteroatoms. The third-order valence-corrected chi connectivity index (χ3v) is 8.74. The van der Waals surface area contributed by atoms with Gasteiger partial charge in [0.05, 0.1) is 11.4 Å². The van der Waals surface area contributed by atoms with Crippen molar-refractivity contribution in [2.75, 3.05) is 28.8 Å². The average Bonchev–Trinajstić information content (AvgIpc) is 3.68. The maximum atomic E-state index is 13.9. The molecule has 7 rings (SSSR count). The largest absolute Gasteiger partial charge is 0.507 e. The first-order valence-corrected chi connectivity index (χ1v) is 13.8. The molecule has 0 bridgehead atoms. The first-order chi connectivity index (χ1) is 19.4. The van der Waals surface area contributed by atoms with Crippen molar-refractivity contribution in [1.82, 2.24) is 4.57 Å². The van der Waals surface area contributed by atoms with E-state index >= 15 is 0 Å². The lowest BCUT2D eigenvalue weighted by atomic mass is 9.95. The lowest BCUT2D eigenvalue weighted by Gasteiger charge is -2.21. The van der Waals surface area contributed by atoms with Crippen LogP contribution in [-0.4, -0.2) is 45.6 Å². The second-order valence-electron chi connectivity index (χ2n) is 10.4. The fourth-order valence-corrected chi connectivity index (χ4v) is 6.67. The molecule has 1 unspecified atom stereocenters. The van der Waals surface area contributed by atoms with Gasteiger partial charge in [-0.05, 0) is 40.5 Å². The summed E-state index contributed by atoms with van der Waals surface area (Å²) in [5.41, 5.74) is 4.03. The van der Waals surface area contributed by atoms with Gasteiger partial charge in [-0.3, -0.25) is 9.59 Å². The molecular weight excluding hydrogens is 526 g/mol. The molecule has 2 N–H and O–H groups in total. The van der Waals surface area contributed by atoms with Gasteiger partial charge in [0.25, 0.3) is 11.8 Å². The number of nitrogens with zero attached hydrogens (tertiary/aromatic N) is 3. The number of benzene rings is 4. The zero-order valence-corrected chi connectivity index (χ0v) is 22.5. The number of carbonyl (C=O) groups is 2. The van der Waals surface area contributed by atoms with Crippen molar-refractivity contribution in [1.29, 1.82) is 0 Å². The number of fused-ring (bicyclic) bond motifs is 6. The minimum absolute atomic E-state index is 0.0870. The number of hydrogen-bond donors (Lipinski definition) is 2. The zero-order valence-electron chi connectivity index (χ0n) is 21.8. The molecule has 0 saturated carbocycles. The molecule has 3 heterocycles. The number of carbonyl (C=O) groups excluding carboxylic acids is 2. The Hall–Kier alpha value is -4.49. The van der Waals surface area contributed by atoms with Crippen molar-refractivity contribution < 1.29 is 19.8 Å². The molecule has 0 saturated heterocycles. The van der Waals surface area contributed by atoms with Crippen molar-refractivity contribution in [2.45, 2.75) is 12.3 Å². The van der Waals surface area contributed by atoms with Gasteiger partial charge in [0, 0.05) is 54.8 Å². The van der Waals surface area contributed by atoms with E-state index in [4.69, 9.17) is 11.6 Å². The number of hydrogen-bond acceptors (Lipinski definition) is 4. The van der Waals surface area contributed by atoms with Crippen molar-refractivity contribution >= 4 is 56.3 Å². The quantitative estimate of drug-likeness (QED) is 0.272. The molecule has 4 aromatic carbocycles. The van der Waals surface area contributed by atoms with E-state index < -0.39 is 0 Å². The van der Waals surface area contributed by atoms with Gasteiger partial charge in [0.1, 0.15) is 22.9 Å². The summed E-state index contributed by atoms with van der Waals surface area (Å²) in [5.74, 6) is -0.0216. The summed E-state index contributed by atoms with van der Waals surface area (Å²) in [5, 5.41) is 24.7. The average molecular weight is 552 g/mol. The first-order valence-electron chi connectivity index (χ1n) is 13.2. The van der Waals surface area contributed by atoms with Gasteiger partial charge < -0.3 is 24.6 Å². The van der Waals surface area contributed by atoms with E-state index in [0.29, 0.717) is 48.2 Å². The highest BCUT2D eigenvalue weighted by Gasteiger charge is 2.37. The molecule has 2 aliphatic rings. The minimum atomic E-state index is -0.268. The second kappa shape index (κ2) is 9.03. The number of phenols is 2. The van der Waals surface area contributed by atoms with E-state index in [-0.39, 0.29) is 29.2 Å². The summed E-state index contributed by atoms with van der Waals surface area (Å²) in [7, 11) is 1.71. The van der Waals surface area contributed by atoms with E-state index in [1.807, 2.05) is 48.5 Å². The minimum Gasteiger partial charge on any atom is -0.507 e. The fraction of sp³-hybridized carbons (Fsp3) is 0.188. The molecule has 40 heavy (non-hydrogen) atoms. The second-order valence-corrected chi connectivity index (χ2v) is 10.8. The molecular formula is C32H26ClN3O4. The van der Waals surface area contributed by atoms with E-state index in [2.05, 4.69) is 0 Å². The van der Waals surface area contributed by atoms with Crippen LogP contribution < -0.4 is 9.80 Å². The number of halogens is 1. The molecule has 1 aromatic heterocycles. The fourth-order valence-electron chi connectivity index (χ4n) is 6.42. The molecule has 7 nitrogen and oxygen atoms in total. The van der Waals surface area contributed by atoms with Gasteiger partial charge in [-0.15, -0.1) is 11.6 Å². The molecule has 2 aliphatic heterocycles. The summed E-state index contributed by atoms with van der Waals surface area (Å²) in [6.07, 6.45) is 0.680. The van der Waals surface area contributed by atoms with E-state index in [1.54, 1.807) is 45.7 Å². The van der Waals surface area contributed by atoms with Gasteiger partial charge in [-0.2, -0.15) is 0 Å². The summed E-state index contributed by atoms with van der Waals surface area (Å²) in [6, 6.07) is 21.8. The smallest absolute Gasteiger partial charge is 0.274 e. The highest BCUT2D eigenvalue weighted by Crippen LogP contribution is 2.46. The molecule has 1 atom stereocenters. The summed E-state index contributed by atoms with van der Waals surface area (Å²) < 4.78 is 1.62. The monoisotopic (exact) mass is 551 g/mol. The zero-order chi connectivity index (χ0) is 27.7. The first kappa shape index (κ1) is 24.5. The predicted molar refractivity (Wildman–Crippen MR) is 157 cm³/mol. The highest BCUT2D eigenvalue weighted by atomic mass is 35.5. The number of anilines is 2. The van der Waals surface area contributed by atoms with Crippen LogP contribution in [0.25, 0.3) is 21.5 Å². The Morgan fingerprint density at radius 1 is 0.800 bits per heavy atom. The van der Waals surface area contributed by atoms with Crippen LogP contribution >= 0.6 is 11.6 Å². The standard InChI is InChI=1S/C32H26ClN3O4/c1-34-24(31(39)35-13-12-20-19-6-2-3-7-21(19)28(37)14-26(20)35)10-11-25(34)32(40)36-17-18(16-33)30-23-9-5-4-8-22(23)29(38)15-27(30)36/h2-11,14-15,18,37-38H,12-13,16-17H2,1H3. The van der Waals surface area contributed by atoms with Gasteiger partial charge >= 0.3 is 0 Å². The van der Waals surface area contributed by atoms with Gasteiger partial charge in [0.15, 0.2) is 0 Å². The van der Waals surface area contributed by atoms with Gasteiger partial charge in [0.2, 0.25) is 0 Å². The topological polar surface area (TPSA) is 86.0 Å². The third-order valence-electron chi connectivity index (χ3n) is 8.37. The number of amides is 2. The van der Waals surface area contributed by atoms with Crippen LogP contribution in [-0.2, 0) is 13.5 Å². The lowest BCUT2D eigenvalue weighted by molar-refractivity contribution is 0.0976. The Kier molecular flexibility index (Phi) is 5.54. The van der Waals surface area contributed by atoms with Crippen LogP contribution in [0.5, 0.6) is 11.5 Å². The predicted octanol–water partition coefficient (Wildman–Crippen LogP) is 5.93. The third kappa shape index (κ3) is 3.44. The number of aromatic nitrogens is 1. The Morgan fingerprint density at radius 3 is 2.00 bits per heavy atom. The lowest BCUT2D eigenvalue weighted by Crippen LogP contribution is -2.33. The van der Waals surface area contributed by atoms with Crippen LogP contribution in [0.2, 0.25) is 0 Å². The Balaban J connectivity index is 1.24. The van der Waals surface area contributed by atoms with Crippen molar-refractivity contribution in [2.24, 2.45) is 7.05 Å². The number of phenolic OH excluding ortho intramolecular Hbond substituents is 2. The highest BCUT2D eigenvalue weighted by molar-refractivity contribution is 6.19. The molecule has 0 radical (unpaired) electrons. The number of rotatable bonds is 3. The normalized spacial score (nSPS) is 16.1.